The van der Waals surface area contributed by atoms with Crippen molar-refractivity contribution in [2.45, 2.75) is 13.3 Å². The van der Waals surface area contributed by atoms with E-state index < -0.39 is 4.92 Å². The van der Waals surface area contributed by atoms with Crippen molar-refractivity contribution in [1.29, 1.82) is 0 Å². The van der Waals surface area contributed by atoms with Gasteiger partial charge in [0.25, 0.3) is 5.69 Å². The van der Waals surface area contributed by atoms with E-state index in [-0.39, 0.29) is 18.1 Å². The molecule has 0 aliphatic rings. The van der Waals surface area contributed by atoms with Gasteiger partial charge in [0, 0.05) is 16.6 Å². The van der Waals surface area contributed by atoms with Crippen LogP contribution in [0.25, 0.3) is 0 Å². The zero-order valence-electron chi connectivity index (χ0n) is 9.90. The van der Waals surface area contributed by atoms with E-state index in [0.29, 0.717) is 10.2 Å². The van der Waals surface area contributed by atoms with Gasteiger partial charge in [-0.3, -0.25) is 14.9 Å². The standard InChI is InChI=1S/C11H14BrN3O3/c1-2-5-13-7-11(16)14-10-6-8(15(17)18)3-4-9(10)12/h3-4,6,13H,2,5,7H2,1H3,(H,14,16). The predicted molar refractivity (Wildman–Crippen MR) is 72.6 cm³/mol. The highest BCUT2D eigenvalue weighted by Crippen LogP contribution is 2.26. The lowest BCUT2D eigenvalue weighted by Crippen LogP contribution is -2.28. The van der Waals surface area contributed by atoms with E-state index in [0.717, 1.165) is 13.0 Å². The Morgan fingerprint density at radius 3 is 2.83 bits per heavy atom. The molecule has 2 N–H and O–H groups in total. The first-order valence-corrected chi connectivity index (χ1v) is 6.28. The number of anilines is 1. The van der Waals surface area contributed by atoms with E-state index in [4.69, 9.17) is 0 Å². The third-order valence-corrected chi connectivity index (χ3v) is 2.84. The molecule has 0 unspecified atom stereocenters. The summed E-state index contributed by atoms with van der Waals surface area (Å²) in [6, 6.07) is 4.23. The van der Waals surface area contributed by atoms with Gasteiger partial charge >= 0.3 is 0 Å². The molecule has 7 heteroatoms. The van der Waals surface area contributed by atoms with Crippen molar-refractivity contribution in [2.24, 2.45) is 0 Å². The average Bonchev–Trinajstić information content (AvgIpc) is 2.32. The van der Waals surface area contributed by atoms with Crippen LogP contribution in [0.3, 0.4) is 0 Å². The number of rotatable bonds is 6. The number of benzene rings is 1. The maximum Gasteiger partial charge on any atom is 0.271 e. The summed E-state index contributed by atoms with van der Waals surface area (Å²) in [5.41, 5.74) is 0.336. The summed E-state index contributed by atoms with van der Waals surface area (Å²) in [4.78, 5) is 21.7. The number of non-ortho nitro benzene ring substituents is 1. The first kappa shape index (κ1) is 14.6. The summed E-state index contributed by atoms with van der Waals surface area (Å²) < 4.78 is 0.608. The highest BCUT2D eigenvalue weighted by Gasteiger charge is 2.11. The lowest BCUT2D eigenvalue weighted by molar-refractivity contribution is -0.384. The molecule has 1 amide bonds. The third-order valence-electron chi connectivity index (χ3n) is 2.15. The zero-order chi connectivity index (χ0) is 13.5. The molecule has 0 saturated heterocycles. The molecule has 0 fully saturated rings. The van der Waals surface area contributed by atoms with E-state index in [1.807, 2.05) is 6.92 Å². The quantitative estimate of drug-likeness (QED) is 0.479. The molecule has 0 bridgehead atoms. The fraction of sp³-hybridized carbons (Fsp3) is 0.364. The van der Waals surface area contributed by atoms with E-state index in [2.05, 4.69) is 26.6 Å². The minimum absolute atomic E-state index is 0.0602. The molecule has 0 aromatic heterocycles. The predicted octanol–water partition coefficient (Wildman–Crippen LogP) is 2.30. The fourth-order valence-electron chi connectivity index (χ4n) is 1.30. The molecule has 0 aliphatic carbocycles. The number of carbonyl (C=O) groups excluding carboxylic acids is 1. The average molecular weight is 316 g/mol. The Labute approximate surface area is 113 Å². The summed E-state index contributed by atoms with van der Waals surface area (Å²) in [7, 11) is 0. The molecule has 0 saturated carbocycles. The van der Waals surface area contributed by atoms with Crippen LogP contribution < -0.4 is 10.6 Å². The van der Waals surface area contributed by atoms with Gasteiger partial charge in [0.15, 0.2) is 0 Å². The molecule has 18 heavy (non-hydrogen) atoms. The van der Waals surface area contributed by atoms with Crippen LogP contribution in [-0.2, 0) is 4.79 Å². The summed E-state index contributed by atoms with van der Waals surface area (Å²) in [5.74, 6) is -0.232. The van der Waals surface area contributed by atoms with E-state index in [1.54, 1.807) is 0 Å². The van der Waals surface area contributed by atoms with Crippen molar-refractivity contribution in [3.8, 4) is 0 Å². The van der Waals surface area contributed by atoms with Gasteiger partial charge in [0.2, 0.25) is 5.91 Å². The van der Waals surface area contributed by atoms with E-state index >= 15 is 0 Å². The molecule has 1 aromatic rings. The second kappa shape index (κ2) is 7.07. The first-order valence-electron chi connectivity index (χ1n) is 5.49. The van der Waals surface area contributed by atoms with Gasteiger partial charge in [-0.15, -0.1) is 0 Å². The maximum atomic E-state index is 11.6. The molecular formula is C11H14BrN3O3. The Morgan fingerprint density at radius 1 is 1.50 bits per heavy atom. The van der Waals surface area contributed by atoms with Crippen molar-refractivity contribution >= 4 is 33.2 Å². The van der Waals surface area contributed by atoms with E-state index in [9.17, 15) is 14.9 Å². The largest absolute Gasteiger partial charge is 0.324 e. The highest BCUT2D eigenvalue weighted by atomic mass is 79.9. The number of amides is 1. The van der Waals surface area contributed by atoms with Crippen molar-refractivity contribution in [2.75, 3.05) is 18.4 Å². The van der Waals surface area contributed by atoms with Crippen LogP contribution >= 0.6 is 15.9 Å². The Kier molecular flexibility index (Phi) is 5.73. The van der Waals surface area contributed by atoms with Crippen LogP contribution in [0.5, 0.6) is 0 Å². The molecule has 1 rings (SSSR count). The van der Waals surface area contributed by atoms with Crippen LogP contribution in [0.1, 0.15) is 13.3 Å². The Hall–Kier alpha value is -1.47. The molecule has 1 aromatic carbocycles. The molecule has 0 heterocycles. The molecule has 0 radical (unpaired) electrons. The second-order valence-electron chi connectivity index (χ2n) is 3.65. The highest BCUT2D eigenvalue weighted by molar-refractivity contribution is 9.10. The van der Waals surface area contributed by atoms with Crippen molar-refractivity contribution in [3.05, 3.63) is 32.8 Å². The van der Waals surface area contributed by atoms with Crippen molar-refractivity contribution < 1.29 is 9.72 Å². The summed E-state index contributed by atoms with van der Waals surface area (Å²) in [6.07, 6.45) is 0.938. The monoisotopic (exact) mass is 315 g/mol. The van der Waals surface area contributed by atoms with Crippen LogP contribution in [0.2, 0.25) is 0 Å². The smallest absolute Gasteiger partial charge is 0.271 e. The number of halogens is 1. The minimum atomic E-state index is -0.503. The lowest BCUT2D eigenvalue weighted by Gasteiger charge is -2.07. The Morgan fingerprint density at radius 2 is 2.22 bits per heavy atom. The van der Waals surface area contributed by atoms with E-state index in [1.165, 1.54) is 18.2 Å². The van der Waals surface area contributed by atoms with Gasteiger partial charge in [-0.1, -0.05) is 6.92 Å². The minimum Gasteiger partial charge on any atom is -0.324 e. The van der Waals surface area contributed by atoms with Gasteiger partial charge in [-0.2, -0.15) is 0 Å². The number of nitro benzene ring substituents is 1. The van der Waals surface area contributed by atoms with Gasteiger partial charge in [0.1, 0.15) is 0 Å². The zero-order valence-corrected chi connectivity index (χ0v) is 11.5. The van der Waals surface area contributed by atoms with Crippen LogP contribution in [0.4, 0.5) is 11.4 Å². The van der Waals surface area contributed by atoms with Gasteiger partial charge in [-0.05, 0) is 35.0 Å². The van der Waals surface area contributed by atoms with Gasteiger partial charge in [-0.25, -0.2) is 0 Å². The molecular weight excluding hydrogens is 302 g/mol. The number of carbonyl (C=O) groups is 1. The number of hydrogen-bond acceptors (Lipinski definition) is 4. The van der Waals surface area contributed by atoms with Crippen LogP contribution in [-0.4, -0.2) is 23.9 Å². The van der Waals surface area contributed by atoms with Crippen molar-refractivity contribution in [3.63, 3.8) is 0 Å². The van der Waals surface area contributed by atoms with Crippen molar-refractivity contribution in [1.82, 2.24) is 5.32 Å². The fourth-order valence-corrected chi connectivity index (χ4v) is 1.64. The molecule has 6 nitrogen and oxygen atoms in total. The topological polar surface area (TPSA) is 84.3 Å². The number of hydrogen-bond donors (Lipinski definition) is 2. The molecule has 98 valence electrons. The normalized spacial score (nSPS) is 10.1. The van der Waals surface area contributed by atoms with Crippen LogP contribution in [0.15, 0.2) is 22.7 Å². The summed E-state index contributed by atoms with van der Waals surface area (Å²) in [6.45, 7) is 2.94. The molecule has 0 atom stereocenters. The summed E-state index contributed by atoms with van der Waals surface area (Å²) >= 11 is 3.23. The second-order valence-corrected chi connectivity index (χ2v) is 4.50. The SMILES string of the molecule is CCCNCC(=O)Nc1cc([N+](=O)[O-])ccc1Br. The van der Waals surface area contributed by atoms with Gasteiger partial charge in [0.05, 0.1) is 17.2 Å². The Balaban J connectivity index is 2.68. The molecule has 0 aliphatic heterocycles. The summed E-state index contributed by atoms with van der Waals surface area (Å²) in [5, 5.41) is 16.2. The first-order chi connectivity index (χ1) is 8.54. The number of nitrogens with one attached hydrogen (secondary N) is 2. The lowest BCUT2D eigenvalue weighted by atomic mass is 10.3. The number of nitrogens with zero attached hydrogens (tertiary/aromatic N) is 1. The Bertz CT molecular complexity index is 451. The molecule has 0 spiro atoms. The van der Waals surface area contributed by atoms with Crippen LogP contribution in [0, 0.1) is 10.1 Å². The van der Waals surface area contributed by atoms with Gasteiger partial charge < -0.3 is 10.6 Å². The number of nitro groups is 1. The third kappa shape index (κ3) is 4.42. The maximum absolute atomic E-state index is 11.6.